The number of likely N-dealkylation sites (tertiary alicyclic amines) is 1. The Bertz CT molecular complexity index is 579. The molecule has 8 heteroatoms. The second-order valence-electron chi connectivity index (χ2n) is 6.59. The van der Waals surface area contributed by atoms with E-state index in [9.17, 15) is 0 Å². The Morgan fingerprint density at radius 3 is 2.96 bits per heavy atom. The topological polar surface area (TPSA) is 79.0 Å². The lowest BCUT2D eigenvalue weighted by Gasteiger charge is -2.29. The van der Waals surface area contributed by atoms with E-state index in [1.165, 1.54) is 19.4 Å². The summed E-state index contributed by atoms with van der Waals surface area (Å²) in [7, 11) is 0. The van der Waals surface area contributed by atoms with Gasteiger partial charge in [-0.1, -0.05) is 13.0 Å². The van der Waals surface area contributed by atoms with E-state index in [2.05, 4.69) is 38.1 Å². The first-order chi connectivity index (χ1) is 12.3. The van der Waals surface area contributed by atoms with E-state index in [0.29, 0.717) is 18.5 Å². The van der Waals surface area contributed by atoms with Crippen molar-refractivity contribution >= 4 is 35.8 Å². The van der Waals surface area contributed by atoms with Crippen molar-refractivity contribution in [2.45, 2.75) is 32.4 Å². The van der Waals surface area contributed by atoms with Crippen LogP contribution < -0.4 is 16.0 Å². The van der Waals surface area contributed by atoms with Crippen LogP contribution in [0.3, 0.4) is 0 Å². The molecule has 2 aliphatic rings. The first-order valence-electron chi connectivity index (χ1n) is 9.32. The molecule has 3 rings (SSSR count). The summed E-state index contributed by atoms with van der Waals surface area (Å²) in [4.78, 5) is 13.8. The summed E-state index contributed by atoms with van der Waals surface area (Å²) in [6.07, 6.45) is 4.34. The number of nitrogens with one attached hydrogen (secondary N) is 1. The molecule has 0 amide bonds. The second kappa shape index (κ2) is 10.9. The van der Waals surface area contributed by atoms with E-state index >= 15 is 0 Å². The number of pyridine rings is 1. The van der Waals surface area contributed by atoms with Gasteiger partial charge in [0.15, 0.2) is 5.96 Å². The monoisotopic (exact) mass is 474 g/mol. The number of likely N-dealkylation sites (N-methyl/N-ethyl adjacent to an activating group) is 1. The van der Waals surface area contributed by atoms with E-state index < -0.39 is 0 Å². The van der Waals surface area contributed by atoms with Gasteiger partial charge in [-0.3, -0.25) is 4.90 Å². The summed E-state index contributed by atoms with van der Waals surface area (Å²) >= 11 is 0. The van der Waals surface area contributed by atoms with Gasteiger partial charge in [-0.15, -0.1) is 24.0 Å². The highest BCUT2D eigenvalue weighted by Crippen LogP contribution is 2.19. The number of hydrogen-bond donors (Lipinski definition) is 2. The summed E-state index contributed by atoms with van der Waals surface area (Å²) in [5.41, 5.74) is 7.18. The Labute approximate surface area is 173 Å². The van der Waals surface area contributed by atoms with Crippen LogP contribution in [0.5, 0.6) is 0 Å². The number of guanidine groups is 1. The number of anilines is 1. The van der Waals surface area contributed by atoms with Crippen molar-refractivity contribution in [1.82, 2.24) is 15.2 Å². The largest absolute Gasteiger partial charge is 0.378 e. The number of ether oxygens (including phenoxy) is 1. The van der Waals surface area contributed by atoms with Crippen LogP contribution in [0.15, 0.2) is 23.3 Å². The number of nitrogens with zero attached hydrogens (tertiary/aromatic N) is 4. The molecular formula is C18H31IN6O. The lowest BCUT2D eigenvalue weighted by molar-refractivity contribution is 0.122. The van der Waals surface area contributed by atoms with Crippen LogP contribution in [0.1, 0.15) is 25.3 Å². The average molecular weight is 474 g/mol. The number of rotatable bonds is 6. The number of aromatic nitrogens is 1. The van der Waals surface area contributed by atoms with Gasteiger partial charge in [-0.05, 0) is 32.0 Å². The zero-order valence-electron chi connectivity index (χ0n) is 15.6. The van der Waals surface area contributed by atoms with E-state index in [4.69, 9.17) is 10.5 Å². The van der Waals surface area contributed by atoms with Gasteiger partial charge < -0.3 is 20.7 Å². The maximum Gasteiger partial charge on any atom is 0.188 e. The fourth-order valence-electron chi connectivity index (χ4n) is 3.60. The summed E-state index contributed by atoms with van der Waals surface area (Å²) in [6, 6.07) is 4.60. The maximum absolute atomic E-state index is 6.08. The number of aliphatic imine (C=N–C) groups is 1. The van der Waals surface area contributed by atoms with E-state index in [1.54, 1.807) is 0 Å². The maximum atomic E-state index is 6.08. The standard InChI is InChI=1S/C18H30N6O.HI/c1-2-23-8-4-6-16(23)14-22-18(19)21-13-15-5-3-7-20-17(15)24-9-11-25-12-10-24;/h3,5,7,16H,2,4,6,8-14H2,1H3,(H3,19,21,22);1H. The molecule has 146 valence electrons. The smallest absolute Gasteiger partial charge is 0.188 e. The van der Waals surface area contributed by atoms with E-state index in [1.807, 2.05) is 12.3 Å². The van der Waals surface area contributed by atoms with Crippen molar-refractivity contribution in [3.63, 3.8) is 0 Å². The molecule has 0 radical (unpaired) electrons. The normalized spacial score (nSPS) is 21.5. The Hall–Kier alpha value is -1.13. The van der Waals surface area contributed by atoms with Gasteiger partial charge in [0, 0.05) is 37.4 Å². The molecule has 7 nitrogen and oxygen atoms in total. The van der Waals surface area contributed by atoms with Gasteiger partial charge in [-0.25, -0.2) is 9.98 Å². The molecular weight excluding hydrogens is 443 g/mol. The quantitative estimate of drug-likeness (QED) is 0.369. The molecule has 2 fully saturated rings. The van der Waals surface area contributed by atoms with Crippen molar-refractivity contribution in [2.75, 3.05) is 50.8 Å². The molecule has 1 atom stereocenters. The van der Waals surface area contributed by atoms with Gasteiger partial charge in [0.2, 0.25) is 0 Å². The number of morpholine rings is 1. The first kappa shape index (κ1) is 21.2. The van der Waals surface area contributed by atoms with Gasteiger partial charge in [0.1, 0.15) is 5.82 Å². The van der Waals surface area contributed by atoms with Gasteiger partial charge in [0.05, 0.1) is 19.8 Å². The van der Waals surface area contributed by atoms with Gasteiger partial charge in [0.25, 0.3) is 0 Å². The molecule has 1 aromatic rings. The number of halogens is 1. The van der Waals surface area contributed by atoms with Crippen LogP contribution in [-0.2, 0) is 11.3 Å². The zero-order chi connectivity index (χ0) is 17.5. The molecule has 0 spiro atoms. The summed E-state index contributed by atoms with van der Waals surface area (Å²) in [6.45, 7) is 9.16. The fraction of sp³-hybridized carbons (Fsp3) is 0.667. The van der Waals surface area contributed by atoms with Crippen LogP contribution in [-0.4, -0.2) is 67.8 Å². The highest BCUT2D eigenvalue weighted by molar-refractivity contribution is 14.0. The molecule has 26 heavy (non-hydrogen) atoms. The van der Waals surface area contributed by atoms with Gasteiger partial charge in [-0.2, -0.15) is 0 Å². The molecule has 2 saturated heterocycles. The molecule has 0 bridgehead atoms. The highest BCUT2D eigenvalue weighted by Gasteiger charge is 2.22. The molecule has 0 aliphatic carbocycles. The van der Waals surface area contributed by atoms with Crippen molar-refractivity contribution in [3.05, 3.63) is 23.9 Å². The van der Waals surface area contributed by atoms with Crippen LogP contribution in [0.25, 0.3) is 0 Å². The predicted molar refractivity (Wildman–Crippen MR) is 116 cm³/mol. The number of nitrogens with two attached hydrogens (primary N) is 1. The third kappa shape index (κ3) is 5.68. The summed E-state index contributed by atoms with van der Waals surface area (Å²) in [5.74, 6) is 1.51. The lowest BCUT2D eigenvalue weighted by atomic mass is 10.2. The Kier molecular flexibility index (Phi) is 8.86. The Balaban J connectivity index is 0.00000243. The molecule has 1 aromatic heterocycles. The van der Waals surface area contributed by atoms with Crippen LogP contribution in [0, 0.1) is 0 Å². The molecule has 1 unspecified atom stereocenters. The third-order valence-electron chi connectivity index (χ3n) is 5.02. The van der Waals surface area contributed by atoms with Gasteiger partial charge >= 0.3 is 0 Å². The minimum Gasteiger partial charge on any atom is -0.378 e. The average Bonchev–Trinajstić information content (AvgIpc) is 3.13. The van der Waals surface area contributed by atoms with Crippen LogP contribution >= 0.6 is 24.0 Å². The Morgan fingerprint density at radius 1 is 1.38 bits per heavy atom. The Morgan fingerprint density at radius 2 is 2.19 bits per heavy atom. The van der Waals surface area contributed by atoms with Crippen LogP contribution in [0.2, 0.25) is 0 Å². The lowest BCUT2D eigenvalue weighted by Crippen LogP contribution is -2.42. The van der Waals surface area contributed by atoms with Crippen molar-refractivity contribution < 1.29 is 4.74 Å². The van der Waals surface area contributed by atoms with E-state index in [-0.39, 0.29) is 24.0 Å². The zero-order valence-corrected chi connectivity index (χ0v) is 17.9. The minimum absolute atomic E-state index is 0. The highest BCUT2D eigenvalue weighted by atomic mass is 127. The predicted octanol–water partition coefficient (Wildman–Crippen LogP) is 1.42. The molecule has 2 aliphatic heterocycles. The summed E-state index contributed by atoms with van der Waals surface area (Å²) in [5, 5.41) is 3.29. The molecule has 0 aromatic carbocycles. The first-order valence-corrected chi connectivity index (χ1v) is 9.32. The van der Waals surface area contributed by atoms with Crippen molar-refractivity contribution in [1.29, 1.82) is 0 Å². The molecule has 3 heterocycles. The summed E-state index contributed by atoms with van der Waals surface area (Å²) < 4.78 is 5.43. The molecule has 3 N–H and O–H groups in total. The number of hydrogen-bond acceptors (Lipinski definition) is 5. The van der Waals surface area contributed by atoms with Crippen molar-refractivity contribution in [2.24, 2.45) is 10.7 Å². The minimum atomic E-state index is 0. The second-order valence-corrected chi connectivity index (χ2v) is 6.59. The van der Waals surface area contributed by atoms with E-state index in [0.717, 1.165) is 50.8 Å². The van der Waals surface area contributed by atoms with Crippen LogP contribution in [0.4, 0.5) is 5.82 Å². The molecule has 0 saturated carbocycles. The SMILES string of the molecule is CCN1CCCC1CNC(N)=NCc1cccnc1N1CCOCC1.I. The van der Waals surface area contributed by atoms with Crippen molar-refractivity contribution in [3.8, 4) is 0 Å². The fourth-order valence-corrected chi connectivity index (χ4v) is 3.60. The third-order valence-corrected chi connectivity index (χ3v) is 5.02.